The van der Waals surface area contributed by atoms with E-state index in [0.717, 1.165) is 4.90 Å². The lowest BCUT2D eigenvalue weighted by Gasteiger charge is -2.16. The lowest BCUT2D eigenvalue weighted by molar-refractivity contribution is -0.141. The van der Waals surface area contributed by atoms with E-state index < -0.39 is 24.2 Å². The molecular weight excluding hydrogens is 326 g/mol. The van der Waals surface area contributed by atoms with Gasteiger partial charge in [0.05, 0.1) is 12.1 Å². The van der Waals surface area contributed by atoms with Crippen LogP contribution in [0.4, 0.5) is 4.79 Å². The third-order valence-electron chi connectivity index (χ3n) is 3.66. The highest BCUT2D eigenvalue weighted by molar-refractivity contribution is 6.34. The SMILES string of the molecule is O=C(O)[C@@H]1C[C@H](Oc2ccc3c(Cl)ncnc3c2)CN1C(=O)O. The van der Waals surface area contributed by atoms with E-state index in [1.54, 1.807) is 18.2 Å². The van der Waals surface area contributed by atoms with Gasteiger partial charge in [0.25, 0.3) is 0 Å². The number of ether oxygens (including phenoxy) is 1. The van der Waals surface area contributed by atoms with Gasteiger partial charge in [-0.05, 0) is 12.1 Å². The van der Waals surface area contributed by atoms with E-state index in [2.05, 4.69) is 9.97 Å². The molecule has 1 amide bonds. The van der Waals surface area contributed by atoms with Gasteiger partial charge in [-0.1, -0.05) is 11.6 Å². The van der Waals surface area contributed by atoms with Crippen molar-refractivity contribution in [3.8, 4) is 5.75 Å². The summed E-state index contributed by atoms with van der Waals surface area (Å²) in [6.45, 7) is -0.00509. The van der Waals surface area contributed by atoms with Crippen LogP contribution in [-0.2, 0) is 4.79 Å². The molecular formula is C14H12ClN3O5. The molecule has 1 aliphatic heterocycles. The number of hydrogen-bond acceptors (Lipinski definition) is 5. The zero-order valence-corrected chi connectivity index (χ0v) is 12.5. The molecule has 2 atom stereocenters. The Hall–Kier alpha value is -2.61. The van der Waals surface area contributed by atoms with Crippen LogP contribution in [0.2, 0.25) is 5.15 Å². The fourth-order valence-corrected chi connectivity index (χ4v) is 2.80. The fourth-order valence-electron chi connectivity index (χ4n) is 2.60. The number of nitrogens with zero attached hydrogens (tertiary/aromatic N) is 3. The molecule has 0 radical (unpaired) electrons. The molecule has 1 saturated heterocycles. The predicted octanol–water partition coefficient (Wildman–Crippen LogP) is 1.87. The quantitative estimate of drug-likeness (QED) is 0.822. The molecule has 3 rings (SSSR count). The van der Waals surface area contributed by atoms with Gasteiger partial charge in [0.1, 0.15) is 29.4 Å². The van der Waals surface area contributed by atoms with Crippen LogP contribution in [-0.4, -0.2) is 55.8 Å². The number of halogens is 1. The highest BCUT2D eigenvalue weighted by atomic mass is 35.5. The number of carboxylic acids is 1. The van der Waals surface area contributed by atoms with Crippen molar-refractivity contribution in [2.75, 3.05) is 6.54 Å². The van der Waals surface area contributed by atoms with E-state index >= 15 is 0 Å². The standard InChI is InChI=1S/C14H12ClN3O5/c15-12-9-2-1-7(3-10(9)16-6-17-12)23-8-4-11(13(19)20)18(5-8)14(21)22/h1-3,6,8,11H,4-5H2,(H,19,20)(H,21,22)/t8-,11-/m0/s1. The molecule has 0 saturated carbocycles. The predicted molar refractivity (Wildman–Crippen MR) is 79.7 cm³/mol. The lowest BCUT2D eigenvalue weighted by Crippen LogP contribution is -2.39. The van der Waals surface area contributed by atoms with Gasteiger partial charge in [0, 0.05) is 17.9 Å². The Morgan fingerprint density at radius 2 is 2.09 bits per heavy atom. The number of amides is 1. The maximum absolute atomic E-state index is 11.1. The zero-order valence-electron chi connectivity index (χ0n) is 11.7. The minimum atomic E-state index is -1.28. The van der Waals surface area contributed by atoms with Crippen molar-refractivity contribution < 1.29 is 24.5 Å². The average Bonchev–Trinajstić information content (AvgIpc) is 2.92. The van der Waals surface area contributed by atoms with E-state index in [9.17, 15) is 9.59 Å². The highest BCUT2D eigenvalue weighted by Crippen LogP contribution is 2.27. The summed E-state index contributed by atoms with van der Waals surface area (Å²) in [4.78, 5) is 31.1. The third kappa shape index (κ3) is 2.98. The number of carboxylic acid groups (broad SMARTS) is 2. The van der Waals surface area contributed by atoms with Crippen molar-refractivity contribution in [2.45, 2.75) is 18.6 Å². The Labute approximate surface area is 135 Å². The van der Waals surface area contributed by atoms with E-state index in [1.807, 2.05) is 0 Å². The van der Waals surface area contributed by atoms with Gasteiger partial charge in [-0.15, -0.1) is 0 Å². The Morgan fingerprint density at radius 3 is 2.74 bits per heavy atom. The molecule has 2 heterocycles. The van der Waals surface area contributed by atoms with Crippen LogP contribution in [0.1, 0.15) is 6.42 Å². The first-order valence-electron chi connectivity index (χ1n) is 6.75. The number of likely N-dealkylation sites (tertiary alicyclic amines) is 1. The van der Waals surface area contributed by atoms with Crippen LogP contribution in [0, 0.1) is 0 Å². The molecule has 23 heavy (non-hydrogen) atoms. The summed E-state index contributed by atoms with van der Waals surface area (Å²) >= 11 is 5.96. The van der Waals surface area contributed by atoms with Crippen molar-refractivity contribution in [2.24, 2.45) is 0 Å². The summed E-state index contributed by atoms with van der Waals surface area (Å²) in [6, 6.07) is 3.92. The van der Waals surface area contributed by atoms with Crippen LogP contribution in [0.15, 0.2) is 24.5 Å². The van der Waals surface area contributed by atoms with Gasteiger partial charge in [-0.3, -0.25) is 4.90 Å². The normalized spacial score (nSPS) is 20.7. The molecule has 1 fully saturated rings. The van der Waals surface area contributed by atoms with E-state index in [0.29, 0.717) is 21.8 Å². The number of hydrogen-bond donors (Lipinski definition) is 2. The van der Waals surface area contributed by atoms with E-state index in [1.165, 1.54) is 6.33 Å². The largest absolute Gasteiger partial charge is 0.488 e. The summed E-state index contributed by atoms with van der Waals surface area (Å²) in [5.74, 6) is -0.717. The summed E-state index contributed by atoms with van der Waals surface area (Å²) in [7, 11) is 0. The third-order valence-corrected chi connectivity index (χ3v) is 3.96. The smallest absolute Gasteiger partial charge is 0.408 e. The van der Waals surface area contributed by atoms with Crippen molar-refractivity contribution >= 4 is 34.6 Å². The Balaban J connectivity index is 1.80. The number of aromatic nitrogens is 2. The Kier molecular flexibility index (Phi) is 3.91. The monoisotopic (exact) mass is 337 g/mol. The molecule has 120 valence electrons. The van der Waals surface area contributed by atoms with Crippen molar-refractivity contribution in [1.29, 1.82) is 0 Å². The average molecular weight is 338 g/mol. The van der Waals surface area contributed by atoms with Crippen molar-refractivity contribution in [3.05, 3.63) is 29.7 Å². The molecule has 1 aromatic heterocycles. The summed E-state index contributed by atoms with van der Waals surface area (Å²) in [5.41, 5.74) is 0.588. The first-order chi connectivity index (χ1) is 11.0. The topological polar surface area (TPSA) is 113 Å². The first kappa shape index (κ1) is 15.3. The molecule has 8 nitrogen and oxygen atoms in total. The van der Waals surface area contributed by atoms with E-state index in [-0.39, 0.29) is 13.0 Å². The highest BCUT2D eigenvalue weighted by Gasteiger charge is 2.41. The minimum Gasteiger partial charge on any atom is -0.488 e. The van der Waals surface area contributed by atoms with Crippen LogP contribution >= 0.6 is 11.6 Å². The zero-order chi connectivity index (χ0) is 16.6. The molecule has 9 heteroatoms. The number of rotatable bonds is 3. The van der Waals surface area contributed by atoms with Crippen LogP contribution in [0.3, 0.4) is 0 Å². The Bertz CT molecular complexity index is 762. The number of fused-ring (bicyclic) bond motifs is 1. The first-order valence-corrected chi connectivity index (χ1v) is 7.13. The second kappa shape index (κ2) is 5.88. The van der Waals surface area contributed by atoms with Crippen molar-refractivity contribution in [1.82, 2.24) is 14.9 Å². The molecule has 2 N–H and O–H groups in total. The molecule has 0 bridgehead atoms. The van der Waals surface area contributed by atoms with Gasteiger partial charge in [-0.2, -0.15) is 0 Å². The van der Waals surface area contributed by atoms with Gasteiger partial charge in [0.2, 0.25) is 0 Å². The number of benzene rings is 1. The van der Waals surface area contributed by atoms with Gasteiger partial charge in [-0.25, -0.2) is 19.6 Å². The van der Waals surface area contributed by atoms with Gasteiger partial charge in [0.15, 0.2) is 0 Å². The van der Waals surface area contributed by atoms with Gasteiger partial charge >= 0.3 is 12.1 Å². The second-order valence-corrected chi connectivity index (χ2v) is 5.47. The molecule has 0 aliphatic carbocycles. The summed E-state index contributed by atoms with van der Waals surface area (Å²) in [5, 5.41) is 19.2. The molecule has 0 spiro atoms. The maximum Gasteiger partial charge on any atom is 0.408 e. The molecule has 2 aromatic rings. The maximum atomic E-state index is 11.1. The van der Waals surface area contributed by atoms with Crippen LogP contribution in [0.25, 0.3) is 10.9 Å². The van der Waals surface area contributed by atoms with Crippen LogP contribution < -0.4 is 4.74 Å². The Morgan fingerprint density at radius 1 is 1.30 bits per heavy atom. The molecule has 1 aromatic carbocycles. The second-order valence-electron chi connectivity index (χ2n) is 5.11. The van der Waals surface area contributed by atoms with E-state index in [4.69, 9.17) is 26.6 Å². The number of carbonyl (C=O) groups is 2. The number of aliphatic carboxylic acids is 1. The fraction of sp³-hybridized carbons (Fsp3) is 0.286. The summed E-state index contributed by atoms with van der Waals surface area (Å²) < 4.78 is 5.71. The molecule has 0 unspecified atom stereocenters. The van der Waals surface area contributed by atoms with Gasteiger partial charge < -0.3 is 14.9 Å². The lowest BCUT2D eigenvalue weighted by atomic mass is 10.2. The minimum absolute atomic E-state index is 0.00509. The molecule has 1 aliphatic rings. The summed E-state index contributed by atoms with van der Waals surface area (Å²) in [6.07, 6.45) is -0.399. The van der Waals surface area contributed by atoms with Crippen molar-refractivity contribution in [3.63, 3.8) is 0 Å². The van der Waals surface area contributed by atoms with Crippen LogP contribution in [0.5, 0.6) is 5.75 Å².